The Hall–Kier alpha value is -3.76. The van der Waals surface area contributed by atoms with E-state index >= 15 is 0 Å². The van der Waals surface area contributed by atoms with E-state index in [9.17, 15) is 4.79 Å². The maximum absolute atomic E-state index is 13.2. The van der Waals surface area contributed by atoms with Gasteiger partial charge in [-0.3, -0.25) is 14.6 Å². The van der Waals surface area contributed by atoms with Gasteiger partial charge in [0, 0.05) is 47.2 Å². The number of aromatic nitrogens is 6. The topological polar surface area (TPSA) is 114 Å². The third-order valence-corrected chi connectivity index (χ3v) is 7.60. The Balaban J connectivity index is 1.30. The SMILES string of the molecule is CCOC1CCC(n2cc(NC(=O)c3csc(-c4cn[nH]c4)n3)c(-c3ccc4cc[nH]c4c3)n2)CC1. The van der Waals surface area contributed by atoms with Crippen LogP contribution in [-0.4, -0.2) is 48.6 Å². The lowest BCUT2D eigenvalue weighted by Crippen LogP contribution is -2.24. The molecular weight excluding hydrogens is 474 g/mol. The molecule has 0 spiro atoms. The van der Waals surface area contributed by atoms with Gasteiger partial charge in [0.15, 0.2) is 0 Å². The number of benzene rings is 1. The largest absolute Gasteiger partial charge is 0.379 e. The summed E-state index contributed by atoms with van der Waals surface area (Å²) < 4.78 is 7.84. The van der Waals surface area contributed by atoms with Gasteiger partial charge in [-0.05, 0) is 50.1 Å². The average Bonchev–Trinajstić information content (AvgIpc) is 3.70. The van der Waals surface area contributed by atoms with Crippen molar-refractivity contribution in [3.63, 3.8) is 0 Å². The standard InChI is InChI=1S/C26H27N7O2S/c1-2-35-20-7-5-19(6-8-20)33-14-22(24(32-33)17-4-3-16-9-10-27-21(16)11-17)30-25(34)23-15-36-26(31-23)18-12-28-29-13-18/h3-4,9-15,19-20,27H,2,5-8H2,1H3,(H,28,29)(H,30,34). The maximum Gasteiger partial charge on any atom is 0.275 e. The van der Waals surface area contributed by atoms with Crippen LogP contribution in [0.25, 0.3) is 32.7 Å². The van der Waals surface area contributed by atoms with Crippen molar-refractivity contribution in [1.82, 2.24) is 29.9 Å². The summed E-state index contributed by atoms with van der Waals surface area (Å²) in [5.74, 6) is -0.261. The smallest absolute Gasteiger partial charge is 0.275 e. The Morgan fingerprint density at radius 2 is 2.11 bits per heavy atom. The normalized spacial score (nSPS) is 18.0. The number of fused-ring (bicyclic) bond motifs is 1. The van der Waals surface area contributed by atoms with Crippen LogP contribution in [0.5, 0.6) is 0 Å². The van der Waals surface area contributed by atoms with Gasteiger partial charge in [-0.2, -0.15) is 10.2 Å². The number of amides is 1. The van der Waals surface area contributed by atoms with E-state index in [2.05, 4.69) is 37.6 Å². The van der Waals surface area contributed by atoms with E-state index in [0.29, 0.717) is 17.5 Å². The van der Waals surface area contributed by atoms with Crippen molar-refractivity contribution in [2.75, 3.05) is 11.9 Å². The van der Waals surface area contributed by atoms with Gasteiger partial charge in [0.1, 0.15) is 16.4 Å². The number of H-pyrrole nitrogens is 2. The van der Waals surface area contributed by atoms with E-state index in [0.717, 1.165) is 65.0 Å². The summed E-state index contributed by atoms with van der Waals surface area (Å²) in [6.45, 7) is 2.79. The van der Waals surface area contributed by atoms with Crippen LogP contribution in [0.2, 0.25) is 0 Å². The minimum atomic E-state index is -0.261. The Morgan fingerprint density at radius 1 is 1.22 bits per heavy atom. The zero-order valence-corrected chi connectivity index (χ0v) is 20.7. The fraction of sp³-hybridized carbons (Fsp3) is 0.308. The van der Waals surface area contributed by atoms with Crippen LogP contribution in [0.15, 0.2) is 54.4 Å². The predicted octanol–water partition coefficient (Wildman–Crippen LogP) is 5.65. The Kier molecular flexibility index (Phi) is 6.12. The highest BCUT2D eigenvalue weighted by atomic mass is 32.1. The number of carbonyl (C=O) groups excluding carboxylic acids is 1. The molecule has 0 radical (unpaired) electrons. The molecule has 1 saturated carbocycles. The van der Waals surface area contributed by atoms with E-state index in [1.54, 1.807) is 17.8 Å². The maximum atomic E-state index is 13.2. The zero-order valence-electron chi connectivity index (χ0n) is 19.9. The van der Waals surface area contributed by atoms with Crippen LogP contribution in [-0.2, 0) is 4.74 Å². The summed E-state index contributed by atoms with van der Waals surface area (Å²) >= 11 is 1.41. The van der Waals surface area contributed by atoms with Crippen LogP contribution >= 0.6 is 11.3 Å². The van der Waals surface area contributed by atoms with Gasteiger partial charge in [0.25, 0.3) is 5.91 Å². The lowest BCUT2D eigenvalue weighted by atomic mass is 9.93. The van der Waals surface area contributed by atoms with Crippen molar-refractivity contribution < 1.29 is 9.53 Å². The van der Waals surface area contributed by atoms with Gasteiger partial charge in [0.05, 0.1) is 24.0 Å². The van der Waals surface area contributed by atoms with Crippen molar-refractivity contribution in [1.29, 1.82) is 0 Å². The van der Waals surface area contributed by atoms with Gasteiger partial charge in [-0.25, -0.2) is 4.98 Å². The summed E-state index contributed by atoms with van der Waals surface area (Å²) in [5.41, 5.74) is 4.62. The van der Waals surface area contributed by atoms with Crippen LogP contribution in [0.4, 0.5) is 5.69 Å². The predicted molar refractivity (Wildman–Crippen MR) is 140 cm³/mol. The summed E-state index contributed by atoms with van der Waals surface area (Å²) in [6.07, 6.45) is 11.7. The van der Waals surface area contributed by atoms with Crippen molar-refractivity contribution in [3.05, 3.63) is 60.1 Å². The van der Waals surface area contributed by atoms with E-state index in [4.69, 9.17) is 9.84 Å². The summed E-state index contributed by atoms with van der Waals surface area (Å²) in [6, 6.07) is 8.49. The van der Waals surface area contributed by atoms with E-state index < -0.39 is 0 Å². The molecule has 0 bridgehead atoms. The van der Waals surface area contributed by atoms with Crippen LogP contribution in [0.3, 0.4) is 0 Å². The molecule has 4 aromatic heterocycles. The lowest BCUT2D eigenvalue weighted by molar-refractivity contribution is 0.0260. The van der Waals surface area contributed by atoms with Gasteiger partial charge < -0.3 is 15.0 Å². The highest BCUT2D eigenvalue weighted by molar-refractivity contribution is 7.13. The monoisotopic (exact) mass is 501 g/mol. The lowest BCUT2D eigenvalue weighted by Gasteiger charge is -2.28. The molecular formula is C26H27N7O2S. The molecule has 0 atom stereocenters. The zero-order chi connectivity index (χ0) is 24.5. The summed E-state index contributed by atoms with van der Waals surface area (Å²) in [4.78, 5) is 21.0. The Labute approximate surface area is 211 Å². The van der Waals surface area contributed by atoms with E-state index in [-0.39, 0.29) is 11.9 Å². The molecule has 6 rings (SSSR count). The average molecular weight is 502 g/mol. The fourth-order valence-corrected chi connectivity index (χ4v) is 5.64. The number of nitrogens with zero attached hydrogens (tertiary/aromatic N) is 4. The quantitative estimate of drug-likeness (QED) is 0.267. The number of nitrogens with one attached hydrogen (secondary N) is 3. The number of ether oxygens (including phenoxy) is 1. The highest BCUT2D eigenvalue weighted by Gasteiger charge is 2.25. The second-order valence-electron chi connectivity index (χ2n) is 9.02. The minimum Gasteiger partial charge on any atom is -0.379 e. The van der Waals surface area contributed by atoms with Crippen LogP contribution < -0.4 is 5.32 Å². The molecule has 0 unspecified atom stereocenters. The molecule has 9 nitrogen and oxygen atoms in total. The number of rotatable bonds is 7. The molecule has 0 aliphatic heterocycles. The van der Waals surface area contributed by atoms with E-state index in [1.807, 2.05) is 36.1 Å². The Morgan fingerprint density at radius 3 is 2.92 bits per heavy atom. The molecule has 184 valence electrons. The summed E-state index contributed by atoms with van der Waals surface area (Å²) in [5, 5.41) is 18.4. The number of carbonyl (C=O) groups is 1. The number of anilines is 1. The fourth-order valence-electron chi connectivity index (χ4n) is 4.86. The van der Waals surface area contributed by atoms with Crippen LogP contribution in [0.1, 0.15) is 49.1 Å². The first kappa shape index (κ1) is 22.7. The highest BCUT2D eigenvalue weighted by Crippen LogP contribution is 2.35. The third-order valence-electron chi connectivity index (χ3n) is 6.71. The summed E-state index contributed by atoms with van der Waals surface area (Å²) in [7, 11) is 0. The molecule has 10 heteroatoms. The van der Waals surface area contributed by atoms with Crippen molar-refractivity contribution in [2.24, 2.45) is 0 Å². The van der Waals surface area contributed by atoms with Crippen molar-refractivity contribution >= 4 is 33.8 Å². The van der Waals surface area contributed by atoms with Gasteiger partial charge in [0.2, 0.25) is 0 Å². The van der Waals surface area contributed by atoms with Crippen molar-refractivity contribution in [3.8, 4) is 21.8 Å². The number of aromatic amines is 2. The van der Waals surface area contributed by atoms with Gasteiger partial charge in [-0.1, -0.05) is 12.1 Å². The molecule has 1 amide bonds. The number of thiazole rings is 1. The second-order valence-corrected chi connectivity index (χ2v) is 9.87. The first-order valence-corrected chi connectivity index (χ1v) is 13.1. The second kappa shape index (κ2) is 9.71. The third kappa shape index (κ3) is 4.45. The molecule has 36 heavy (non-hydrogen) atoms. The van der Waals surface area contributed by atoms with Gasteiger partial charge in [-0.15, -0.1) is 11.3 Å². The molecule has 0 saturated heterocycles. The number of hydrogen-bond acceptors (Lipinski definition) is 6. The molecule has 1 aliphatic carbocycles. The van der Waals surface area contributed by atoms with E-state index in [1.165, 1.54) is 11.3 Å². The minimum absolute atomic E-state index is 0.261. The Bertz CT molecular complexity index is 1480. The molecule has 1 fully saturated rings. The molecule has 1 aliphatic rings. The first-order valence-electron chi connectivity index (χ1n) is 12.2. The molecule has 3 N–H and O–H groups in total. The van der Waals surface area contributed by atoms with Crippen LogP contribution in [0, 0.1) is 0 Å². The van der Waals surface area contributed by atoms with Gasteiger partial charge >= 0.3 is 0 Å². The molecule has 1 aromatic carbocycles. The molecule has 4 heterocycles. The van der Waals surface area contributed by atoms with Crippen molar-refractivity contribution in [2.45, 2.75) is 44.8 Å². The number of hydrogen-bond donors (Lipinski definition) is 3. The molecule has 5 aromatic rings. The first-order chi connectivity index (χ1) is 17.7.